The van der Waals surface area contributed by atoms with E-state index in [1.807, 2.05) is 0 Å². The van der Waals surface area contributed by atoms with Crippen LogP contribution < -0.4 is 0 Å². The molecule has 1 fully saturated rings. The van der Waals surface area contributed by atoms with Crippen molar-refractivity contribution in [3.63, 3.8) is 0 Å². The molecule has 1 amide bonds. The summed E-state index contributed by atoms with van der Waals surface area (Å²) in [5.41, 5.74) is 0.469. The number of rotatable bonds is 1. The van der Waals surface area contributed by atoms with Gasteiger partial charge in [0.1, 0.15) is 5.69 Å². The van der Waals surface area contributed by atoms with E-state index in [9.17, 15) is 4.79 Å². The lowest BCUT2D eigenvalue weighted by Gasteiger charge is -2.11. The third-order valence-corrected chi connectivity index (χ3v) is 1.71. The lowest BCUT2D eigenvalue weighted by atomic mass is 10.4. The van der Waals surface area contributed by atoms with Crippen LogP contribution in [0.4, 0.5) is 0 Å². The summed E-state index contributed by atoms with van der Waals surface area (Å²) < 4.78 is 0. The smallest absolute Gasteiger partial charge is 0.295 e. The van der Waals surface area contributed by atoms with Gasteiger partial charge < -0.3 is 4.98 Å². The number of H-pyrrole nitrogens is 1. The van der Waals surface area contributed by atoms with Crippen LogP contribution in [0.25, 0.3) is 0 Å². The number of hydrogen-bond acceptors (Lipinski definition) is 3. The van der Waals surface area contributed by atoms with Gasteiger partial charge in [-0.2, -0.15) is 0 Å². The van der Waals surface area contributed by atoms with Crippen LogP contribution in [0.3, 0.4) is 0 Å². The van der Waals surface area contributed by atoms with Gasteiger partial charge in [0, 0.05) is 0 Å². The second-order valence-electron chi connectivity index (χ2n) is 2.56. The molecule has 1 N–H and O–H groups in total. The summed E-state index contributed by atoms with van der Waals surface area (Å²) in [6, 6.07) is 0. The number of amides is 1. The minimum atomic E-state index is -0.148. The van der Waals surface area contributed by atoms with Crippen LogP contribution in [-0.4, -0.2) is 34.1 Å². The third kappa shape index (κ3) is 1.18. The third-order valence-electron chi connectivity index (χ3n) is 1.71. The van der Waals surface area contributed by atoms with Crippen molar-refractivity contribution < 1.29 is 9.63 Å². The molecule has 2 heterocycles. The van der Waals surface area contributed by atoms with Gasteiger partial charge in [0.05, 0.1) is 25.7 Å². The predicted octanol–water partition coefficient (Wildman–Crippen LogP) is 0.187. The molecule has 5 heteroatoms. The second kappa shape index (κ2) is 2.94. The molecular formula is C7H9N3O2. The van der Waals surface area contributed by atoms with E-state index in [0.29, 0.717) is 18.8 Å². The Balaban J connectivity index is 2.09. The van der Waals surface area contributed by atoms with Gasteiger partial charge in [-0.15, -0.1) is 0 Å². The van der Waals surface area contributed by atoms with E-state index < -0.39 is 0 Å². The molecule has 0 aromatic carbocycles. The number of aromatic amines is 1. The fourth-order valence-corrected chi connectivity index (χ4v) is 1.11. The van der Waals surface area contributed by atoms with Crippen molar-refractivity contribution in [2.45, 2.75) is 6.42 Å². The normalized spacial score (nSPS) is 16.8. The monoisotopic (exact) mass is 167 g/mol. The van der Waals surface area contributed by atoms with E-state index in [1.54, 1.807) is 0 Å². The Morgan fingerprint density at radius 3 is 3.25 bits per heavy atom. The highest BCUT2D eigenvalue weighted by atomic mass is 16.7. The average molecular weight is 167 g/mol. The van der Waals surface area contributed by atoms with Crippen molar-refractivity contribution in [3.8, 4) is 0 Å². The summed E-state index contributed by atoms with van der Waals surface area (Å²) >= 11 is 0. The van der Waals surface area contributed by atoms with E-state index in [0.717, 1.165) is 6.42 Å². The largest absolute Gasteiger partial charge is 0.341 e. The summed E-state index contributed by atoms with van der Waals surface area (Å²) in [5, 5.41) is 1.35. The van der Waals surface area contributed by atoms with E-state index in [4.69, 9.17) is 4.84 Å². The first-order chi connectivity index (χ1) is 5.88. The highest BCUT2D eigenvalue weighted by Crippen LogP contribution is 2.08. The number of nitrogens with one attached hydrogen (secondary N) is 1. The minimum Gasteiger partial charge on any atom is -0.341 e. The number of hydrogen-bond donors (Lipinski definition) is 1. The van der Waals surface area contributed by atoms with Crippen LogP contribution in [0.1, 0.15) is 16.9 Å². The quantitative estimate of drug-likeness (QED) is 0.649. The average Bonchev–Trinajstić information content (AvgIpc) is 2.77. The Morgan fingerprint density at radius 1 is 1.75 bits per heavy atom. The molecule has 64 valence electrons. The second-order valence-corrected chi connectivity index (χ2v) is 2.56. The van der Waals surface area contributed by atoms with Crippen LogP contribution in [0.15, 0.2) is 12.5 Å². The summed E-state index contributed by atoms with van der Waals surface area (Å²) in [6.45, 7) is 1.29. The molecule has 0 spiro atoms. The Labute approximate surface area is 69.3 Å². The first kappa shape index (κ1) is 7.30. The molecule has 0 saturated carbocycles. The van der Waals surface area contributed by atoms with Crippen molar-refractivity contribution in [2.75, 3.05) is 13.2 Å². The fraction of sp³-hybridized carbons (Fsp3) is 0.429. The molecule has 0 radical (unpaired) electrons. The van der Waals surface area contributed by atoms with Crippen molar-refractivity contribution in [2.24, 2.45) is 0 Å². The number of carbonyl (C=O) groups excluding carboxylic acids is 1. The zero-order valence-electron chi connectivity index (χ0n) is 6.49. The summed E-state index contributed by atoms with van der Waals surface area (Å²) in [6.07, 6.45) is 3.87. The van der Waals surface area contributed by atoms with Crippen LogP contribution >= 0.6 is 0 Å². The zero-order chi connectivity index (χ0) is 8.39. The van der Waals surface area contributed by atoms with Crippen LogP contribution in [0.2, 0.25) is 0 Å². The molecule has 1 aliphatic heterocycles. The maximum absolute atomic E-state index is 11.4. The Kier molecular flexibility index (Phi) is 1.79. The standard InChI is InChI=1S/C7H9N3O2/c11-7(6-4-8-5-9-6)10-2-1-3-12-10/h4-5H,1-3H2,(H,8,9). The molecule has 5 nitrogen and oxygen atoms in total. The maximum Gasteiger partial charge on any atom is 0.295 e. The fourth-order valence-electron chi connectivity index (χ4n) is 1.11. The molecule has 0 aliphatic carbocycles. The van der Waals surface area contributed by atoms with E-state index >= 15 is 0 Å². The van der Waals surface area contributed by atoms with Gasteiger partial charge in [-0.05, 0) is 6.42 Å². The van der Waals surface area contributed by atoms with Gasteiger partial charge >= 0.3 is 0 Å². The SMILES string of the molecule is O=C(c1cnc[nH]1)N1CCCO1. The van der Waals surface area contributed by atoms with Crippen molar-refractivity contribution in [3.05, 3.63) is 18.2 Å². The highest BCUT2D eigenvalue weighted by molar-refractivity contribution is 5.91. The molecule has 1 aliphatic rings. The highest BCUT2D eigenvalue weighted by Gasteiger charge is 2.21. The van der Waals surface area contributed by atoms with E-state index in [1.165, 1.54) is 17.6 Å². The maximum atomic E-state index is 11.4. The number of aromatic nitrogens is 2. The predicted molar refractivity (Wildman–Crippen MR) is 40.2 cm³/mol. The van der Waals surface area contributed by atoms with Gasteiger partial charge in [-0.3, -0.25) is 9.63 Å². The molecule has 0 atom stereocenters. The Bertz CT molecular complexity index is 264. The van der Waals surface area contributed by atoms with Gasteiger partial charge in [-0.25, -0.2) is 10.0 Å². The first-order valence-corrected chi connectivity index (χ1v) is 3.81. The number of nitrogens with zero attached hydrogens (tertiary/aromatic N) is 2. The van der Waals surface area contributed by atoms with Gasteiger partial charge in [0.25, 0.3) is 5.91 Å². The molecular weight excluding hydrogens is 158 g/mol. The molecule has 12 heavy (non-hydrogen) atoms. The van der Waals surface area contributed by atoms with Crippen molar-refractivity contribution >= 4 is 5.91 Å². The van der Waals surface area contributed by atoms with E-state index in [2.05, 4.69) is 9.97 Å². The Morgan fingerprint density at radius 2 is 2.67 bits per heavy atom. The summed E-state index contributed by atoms with van der Waals surface area (Å²) in [5.74, 6) is -0.148. The van der Waals surface area contributed by atoms with Crippen molar-refractivity contribution in [1.29, 1.82) is 0 Å². The lowest BCUT2D eigenvalue weighted by molar-refractivity contribution is -0.0771. The lowest BCUT2D eigenvalue weighted by Crippen LogP contribution is -2.26. The molecule has 0 unspecified atom stereocenters. The van der Waals surface area contributed by atoms with Crippen LogP contribution in [0.5, 0.6) is 0 Å². The summed E-state index contributed by atoms with van der Waals surface area (Å²) in [7, 11) is 0. The Hall–Kier alpha value is -1.36. The van der Waals surface area contributed by atoms with Crippen molar-refractivity contribution in [1.82, 2.24) is 15.0 Å². The zero-order valence-corrected chi connectivity index (χ0v) is 6.49. The molecule has 1 aromatic rings. The first-order valence-electron chi connectivity index (χ1n) is 3.81. The number of imidazole rings is 1. The molecule has 2 rings (SSSR count). The number of carbonyl (C=O) groups is 1. The topological polar surface area (TPSA) is 58.2 Å². The van der Waals surface area contributed by atoms with Gasteiger partial charge in [0.15, 0.2) is 0 Å². The van der Waals surface area contributed by atoms with Gasteiger partial charge in [0.2, 0.25) is 0 Å². The van der Waals surface area contributed by atoms with E-state index in [-0.39, 0.29) is 5.91 Å². The molecule has 1 aromatic heterocycles. The van der Waals surface area contributed by atoms with Crippen LogP contribution in [-0.2, 0) is 4.84 Å². The number of hydroxylamine groups is 2. The van der Waals surface area contributed by atoms with Gasteiger partial charge in [-0.1, -0.05) is 0 Å². The van der Waals surface area contributed by atoms with Crippen LogP contribution in [0, 0.1) is 0 Å². The minimum absolute atomic E-state index is 0.148. The molecule has 1 saturated heterocycles. The summed E-state index contributed by atoms with van der Waals surface area (Å²) in [4.78, 5) is 23.0. The molecule has 0 bridgehead atoms.